The molecule has 0 unspecified atom stereocenters. The van der Waals surface area contributed by atoms with Gasteiger partial charge in [-0.15, -0.1) is 0 Å². The third kappa shape index (κ3) is 4.09. The molecule has 0 aliphatic carbocycles. The Bertz CT molecular complexity index is 924. The maximum absolute atomic E-state index is 13.9. The SMILES string of the molecule is N#Cc1cc(F)c(Oc2cccc(NCc3cccnc3)c2)cc1F. The van der Waals surface area contributed by atoms with Gasteiger partial charge in [0, 0.05) is 36.8 Å². The molecule has 6 heteroatoms. The monoisotopic (exact) mass is 337 g/mol. The van der Waals surface area contributed by atoms with Gasteiger partial charge in [0.05, 0.1) is 5.56 Å². The number of pyridine rings is 1. The van der Waals surface area contributed by atoms with E-state index in [1.807, 2.05) is 18.2 Å². The van der Waals surface area contributed by atoms with E-state index < -0.39 is 11.6 Å². The molecule has 124 valence electrons. The lowest BCUT2D eigenvalue weighted by Gasteiger charge is -2.10. The number of nitrogens with zero attached hydrogens (tertiary/aromatic N) is 2. The fourth-order valence-corrected chi connectivity index (χ4v) is 2.20. The average Bonchev–Trinajstić information content (AvgIpc) is 2.64. The zero-order valence-corrected chi connectivity index (χ0v) is 13.0. The first-order valence-electron chi connectivity index (χ1n) is 7.45. The molecule has 2 aromatic carbocycles. The third-order valence-corrected chi connectivity index (χ3v) is 3.42. The number of hydrogen-bond acceptors (Lipinski definition) is 4. The molecule has 4 nitrogen and oxygen atoms in total. The average molecular weight is 337 g/mol. The molecule has 1 aromatic heterocycles. The van der Waals surface area contributed by atoms with Crippen LogP contribution in [0.1, 0.15) is 11.1 Å². The number of anilines is 1. The lowest BCUT2D eigenvalue weighted by atomic mass is 10.2. The Hall–Kier alpha value is -3.46. The maximum Gasteiger partial charge on any atom is 0.167 e. The van der Waals surface area contributed by atoms with Gasteiger partial charge in [-0.2, -0.15) is 5.26 Å². The topological polar surface area (TPSA) is 57.9 Å². The van der Waals surface area contributed by atoms with Crippen LogP contribution in [-0.2, 0) is 6.54 Å². The Kier molecular flexibility index (Phi) is 4.86. The molecule has 3 rings (SSSR count). The molecule has 0 saturated carbocycles. The fourth-order valence-electron chi connectivity index (χ4n) is 2.20. The minimum Gasteiger partial charge on any atom is -0.454 e. The lowest BCUT2D eigenvalue weighted by molar-refractivity contribution is 0.436. The van der Waals surface area contributed by atoms with Crippen molar-refractivity contribution in [1.82, 2.24) is 4.98 Å². The second-order valence-electron chi connectivity index (χ2n) is 5.22. The molecule has 0 aliphatic heterocycles. The van der Waals surface area contributed by atoms with Crippen molar-refractivity contribution >= 4 is 5.69 Å². The summed E-state index contributed by atoms with van der Waals surface area (Å²) in [4.78, 5) is 4.04. The van der Waals surface area contributed by atoms with E-state index in [1.165, 1.54) is 0 Å². The standard InChI is InChI=1S/C19H13F2N3O/c20-17-9-19(18(21)7-14(17)10-22)25-16-5-1-4-15(8-16)24-12-13-3-2-6-23-11-13/h1-9,11,24H,12H2. The lowest BCUT2D eigenvalue weighted by Crippen LogP contribution is -2.00. The van der Waals surface area contributed by atoms with Crippen molar-refractivity contribution in [3.8, 4) is 17.6 Å². The first kappa shape index (κ1) is 16.4. The van der Waals surface area contributed by atoms with Gasteiger partial charge in [-0.05, 0) is 29.8 Å². The largest absolute Gasteiger partial charge is 0.454 e. The van der Waals surface area contributed by atoms with Crippen LogP contribution in [0.15, 0.2) is 60.9 Å². The van der Waals surface area contributed by atoms with E-state index in [1.54, 1.807) is 36.7 Å². The van der Waals surface area contributed by atoms with Crippen LogP contribution in [0, 0.1) is 23.0 Å². The molecule has 0 aliphatic rings. The minimum absolute atomic E-state index is 0.277. The van der Waals surface area contributed by atoms with Gasteiger partial charge in [0.25, 0.3) is 0 Å². The molecule has 0 bridgehead atoms. The molecule has 0 spiro atoms. The van der Waals surface area contributed by atoms with Crippen LogP contribution in [0.3, 0.4) is 0 Å². The summed E-state index contributed by atoms with van der Waals surface area (Å²) in [6, 6.07) is 13.9. The predicted octanol–water partition coefficient (Wildman–Crippen LogP) is 4.64. The number of benzene rings is 2. The third-order valence-electron chi connectivity index (χ3n) is 3.42. The summed E-state index contributed by atoms with van der Waals surface area (Å²) in [5, 5.41) is 11.9. The Balaban J connectivity index is 1.74. The summed E-state index contributed by atoms with van der Waals surface area (Å²) in [6.07, 6.45) is 3.45. The molecule has 0 saturated heterocycles. The van der Waals surface area contributed by atoms with Crippen molar-refractivity contribution in [3.63, 3.8) is 0 Å². The highest BCUT2D eigenvalue weighted by Gasteiger charge is 2.12. The van der Waals surface area contributed by atoms with Crippen LogP contribution in [-0.4, -0.2) is 4.98 Å². The van der Waals surface area contributed by atoms with E-state index >= 15 is 0 Å². The summed E-state index contributed by atoms with van der Waals surface area (Å²) >= 11 is 0. The van der Waals surface area contributed by atoms with E-state index in [-0.39, 0.29) is 11.3 Å². The van der Waals surface area contributed by atoms with Crippen LogP contribution >= 0.6 is 0 Å². The highest BCUT2D eigenvalue weighted by molar-refractivity contribution is 5.50. The Morgan fingerprint density at radius 1 is 1.08 bits per heavy atom. The Morgan fingerprint density at radius 2 is 1.96 bits per heavy atom. The molecule has 25 heavy (non-hydrogen) atoms. The number of ether oxygens (including phenoxy) is 1. The zero-order chi connectivity index (χ0) is 17.6. The van der Waals surface area contributed by atoms with Gasteiger partial charge in [0.2, 0.25) is 0 Å². The molecule has 0 amide bonds. The number of halogens is 2. The second-order valence-corrected chi connectivity index (χ2v) is 5.22. The first-order chi connectivity index (χ1) is 12.2. The summed E-state index contributed by atoms with van der Waals surface area (Å²) in [7, 11) is 0. The summed E-state index contributed by atoms with van der Waals surface area (Å²) in [5.74, 6) is -1.56. The Morgan fingerprint density at radius 3 is 2.72 bits per heavy atom. The van der Waals surface area contributed by atoms with E-state index in [2.05, 4.69) is 10.3 Å². The molecule has 0 radical (unpaired) electrons. The smallest absolute Gasteiger partial charge is 0.167 e. The van der Waals surface area contributed by atoms with Gasteiger partial charge in [-0.25, -0.2) is 8.78 Å². The van der Waals surface area contributed by atoms with Crippen molar-refractivity contribution in [2.45, 2.75) is 6.54 Å². The van der Waals surface area contributed by atoms with Crippen molar-refractivity contribution < 1.29 is 13.5 Å². The molecule has 3 aromatic rings. The highest BCUT2D eigenvalue weighted by Crippen LogP contribution is 2.28. The van der Waals surface area contributed by atoms with Gasteiger partial charge < -0.3 is 10.1 Å². The fraction of sp³-hybridized carbons (Fsp3) is 0.0526. The second kappa shape index (κ2) is 7.41. The molecular formula is C19H13F2N3O. The van der Waals surface area contributed by atoms with E-state index in [0.29, 0.717) is 12.3 Å². The van der Waals surface area contributed by atoms with Crippen LogP contribution < -0.4 is 10.1 Å². The molecular weight excluding hydrogens is 324 g/mol. The highest BCUT2D eigenvalue weighted by atomic mass is 19.1. The van der Waals surface area contributed by atoms with Gasteiger partial charge in [-0.1, -0.05) is 12.1 Å². The van der Waals surface area contributed by atoms with Crippen LogP contribution in [0.2, 0.25) is 0 Å². The van der Waals surface area contributed by atoms with E-state index in [9.17, 15) is 8.78 Å². The van der Waals surface area contributed by atoms with Gasteiger partial charge >= 0.3 is 0 Å². The van der Waals surface area contributed by atoms with Gasteiger partial charge in [0.1, 0.15) is 17.6 Å². The number of nitrogens with one attached hydrogen (secondary N) is 1. The van der Waals surface area contributed by atoms with Crippen molar-refractivity contribution in [2.24, 2.45) is 0 Å². The van der Waals surface area contributed by atoms with Crippen LogP contribution in [0.5, 0.6) is 11.5 Å². The maximum atomic E-state index is 13.9. The summed E-state index contributed by atoms with van der Waals surface area (Å²) in [6.45, 7) is 0.567. The van der Waals surface area contributed by atoms with E-state index in [4.69, 9.17) is 10.00 Å². The van der Waals surface area contributed by atoms with Crippen molar-refractivity contribution in [2.75, 3.05) is 5.32 Å². The van der Waals surface area contributed by atoms with Crippen molar-refractivity contribution in [1.29, 1.82) is 5.26 Å². The van der Waals surface area contributed by atoms with Crippen LogP contribution in [0.4, 0.5) is 14.5 Å². The number of aromatic nitrogens is 1. The van der Waals surface area contributed by atoms with Crippen molar-refractivity contribution in [3.05, 3.63) is 83.7 Å². The summed E-state index contributed by atoms with van der Waals surface area (Å²) in [5.41, 5.74) is 1.40. The zero-order valence-electron chi connectivity index (χ0n) is 13.0. The van der Waals surface area contributed by atoms with Gasteiger partial charge in [-0.3, -0.25) is 4.98 Å². The molecule has 1 N–H and O–H groups in total. The van der Waals surface area contributed by atoms with Gasteiger partial charge in [0.15, 0.2) is 11.6 Å². The number of nitriles is 1. The summed E-state index contributed by atoms with van der Waals surface area (Å²) < 4.78 is 32.9. The molecule has 1 heterocycles. The molecule has 0 fully saturated rings. The molecule has 0 atom stereocenters. The normalized spacial score (nSPS) is 10.1. The van der Waals surface area contributed by atoms with E-state index in [0.717, 1.165) is 23.4 Å². The number of rotatable bonds is 5. The first-order valence-corrected chi connectivity index (χ1v) is 7.45. The predicted molar refractivity (Wildman–Crippen MR) is 89.2 cm³/mol. The van der Waals surface area contributed by atoms with Crippen LogP contribution in [0.25, 0.3) is 0 Å². The minimum atomic E-state index is -0.829. The number of hydrogen-bond donors (Lipinski definition) is 1. The quantitative estimate of drug-likeness (QED) is 0.737. The Labute approximate surface area is 143 Å².